The highest BCUT2D eigenvalue weighted by atomic mass is 32.1. The number of aryl methyl sites for hydroxylation is 3. The molecule has 0 nitrogen and oxygen atoms in total. The summed E-state index contributed by atoms with van der Waals surface area (Å²) in [5.74, 6) is 0.864. The summed E-state index contributed by atoms with van der Waals surface area (Å²) in [5.41, 5.74) is 0. The zero-order valence-electron chi connectivity index (χ0n) is 27.0. The lowest BCUT2D eigenvalue weighted by atomic mass is 9.96. The van der Waals surface area contributed by atoms with Crippen LogP contribution in [0.15, 0.2) is 24.3 Å². The van der Waals surface area contributed by atoms with Gasteiger partial charge in [0, 0.05) is 28.9 Å². The van der Waals surface area contributed by atoms with Gasteiger partial charge in [0.1, 0.15) is 0 Å². The average molecular weight is 627 g/mol. The quantitative estimate of drug-likeness (QED) is 0.0815. The Morgan fingerprint density at radius 2 is 1.07 bits per heavy atom. The normalized spacial score (nSPS) is 14.5. The summed E-state index contributed by atoms with van der Waals surface area (Å²) in [6.07, 6.45) is 25.1. The van der Waals surface area contributed by atoms with Crippen LogP contribution in [0.2, 0.25) is 6.04 Å². The van der Waals surface area contributed by atoms with Gasteiger partial charge in [-0.05, 0) is 67.2 Å². The molecule has 0 radical (unpaired) electrons. The van der Waals surface area contributed by atoms with Crippen molar-refractivity contribution in [3.05, 3.63) is 38.9 Å². The number of hydrogen-bond acceptors (Lipinski definition) is 3. The van der Waals surface area contributed by atoms with Crippen LogP contribution in [0.5, 0.6) is 0 Å². The highest BCUT2D eigenvalue weighted by Crippen LogP contribution is 2.43. The Morgan fingerprint density at radius 3 is 1.63 bits per heavy atom. The van der Waals surface area contributed by atoms with Crippen molar-refractivity contribution in [2.45, 2.75) is 156 Å². The maximum atomic E-state index is 2.65. The summed E-state index contributed by atoms with van der Waals surface area (Å²) >= 11 is 6.40. The number of rotatable bonds is 21. The van der Waals surface area contributed by atoms with Gasteiger partial charge in [-0.2, -0.15) is 0 Å². The summed E-state index contributed by atoms with van der Waals surface area (Å²) in [4.78, 5) is 7.99. The molecule has 1 aliphatic rings. The fourth-order valence-corrected chi connectivity index (χ4v) is 18.8. The summed E-state index contributed by atoms with van der Waals surface area (Å²) < 4.78 is 1.78. The van der Waals surface area contributed by atoms with Crippen molar-refractivity contribution < 1.29 is 0 Å². The molecule has 1 unspecified atom stereocenters. The van der Waals surface area contributed by atoms with E-state index in [0.717, 1.165) is 5.92 Å². The van der Waals surface area contributed by atoms with Crippen LogP contribution in [0.3, 0.4) is 0 Å². The number of thiophene rings is 3. The van der Waals surface area contributed by atoms with Crippen LogP contribution < -0.4 is 14.9 Å². The third-order valence-electron chi connectivity index (χ3n) is 9.47. The van der Waals surface area contributed by atoms with Gasteiger partial charge in [0.15, 0.2) is 8.07 Å². The van der Waals surface area contributed by atoms with E-state index in [1.54, 1.807) is 29.5 Å². The highest BCUT2D eigenvalue weighted by molar-refractivity contribution is 7.38. The highest BCUT2D eigenvalue weighted by Gasteiger charge is 2.51. The molecule has 0 saturated carbocycles. The predicted octanol–water partition coefficient (Wildman–Crippen LogP) is 11.8. The van der Waals surface area contributed by atoms with Crippen LogP contribution in [0.1, 0.15) is 145 Å². The standard InChI is InChI=1S/C37H58S3Si/c1-6-9-12-15-17-19-22-31(21-18-14-11-8-3)28-41(35-25-24-32(40-35)23-20-16-13-10-7-2)33-26-29(4)38-36(33)37-34(41)27-30(5)39-37/h24-27,31H,6-23,28H2,1-5H3. The average Bonchev–Trinajstić information content (AvgIpc) is 3.72. The van der Waals surface area contributed by atoms with Crippen molar-refractivity contribution in [3.63, 3.8) is 0 Å². The molecule has 3 aromatic heterocycles. The van der Waals surface area contributed by atoms with Crippen LogP contribution >= 0.6 is 34.0 Å². The second-order valence-corrected chi connectivity index (χ2v) is 20.9. The first-order valence-electron chi connectivity index (χ1n) is 17.3. The molecule has 0 spiro atoms. The molecule has 1 atom stereocenters. The summed E-state index contributed by atoms with van der Waals surface area (Å²) in [6.45, 7) is 11.7. The van der Waals surface area contributed by atoms with Crippen LogP contribution in [0.25, 0.3) is 9.75 Å². The van der Waals surface area contributed by atoms with E-state index >= 15 is 0 Å². The van der Waals surface area contributed by atoms with Gasteiger partial charge < -0.3 is 0 Å². The molecule has 4 heteroatoms. The molecular weight excluding hydrogens is 569 g/mol. The molecule has 228 valence electrons. The van der Waals surface area contributed by atoms with E-state index in [1.165, 1.54) is 131 Å². The molecule has 0 saturated heterocycles. The van der Waals surface area contributed by atoms with Crippen molar-refractivity contribution in [2.24, 2.45) is 5.92 Å². The smallest absolute Gasteiger partial charge is 0.149 e. The minimum atomic E-state index is -2.02. The van der Waals surface area contributed by atoms with Gasteiger partial charge in [-0.15, -0.1) is 34.0 Å². The Bertz CT molecular complexity index is 1120. The molecule has 0 bridgehead atoms. The number of hydrogen-bond donors (Lipinski definition) is 0. The van der Waals surface area contributed by atoms with Gasteiger partial charge in [0.25, 0.3) is 0 Å². The molecule has 1 aliphatic heterocycles. The van der Waals surface area contributed by atoms with Gasteiger partial charge in [0.05, 0.1) is 0 Å². The lowest BCUT2D eigenvalue weighted by molar-refractivity contribution is 0.431. The molecule has 3 aromatic rings. The molecule has 0 amide bonds. The van der Waals surface area contributed by atoms with Crippen molar-refractivity contribution >= 4 is 57.0 Å². The van der Waals surface area contributed by atoms with E-state index in [4.69, 9.17) is 0 Å². The lowest BCUT2D eigenvalue weighted by Gasteiger charge is -2.32. The van der Waals surface area contributed by atoms with Crippen molar-refractivity contribution in [2.75, 3.05) is 0 Å². The van der Waals surface area contributed by atoms with Gasteiger partial charge >= 0.3 is 0 Å². The van der Waals surface area contributed by atoms with Crippen LogP contribution in [0.4, 0.5) is 0 Å². The molecule has 4 heterocycles. The molecule has 0 aliphatic carbocycles. The molecule has 41 heavy (non-hydrogen) atoms. The zero-order valence-corrected chi connectivity index (χ0v) is 30.5. The predicted molar refractivity (Wildman–Crippen MR) is 194 cm³/mol. The van der Waals surface area contributed by atoms with E-state index in [0.29, 0.717) is 0 Å². The lowest BCUT2D eigenvalue weighted by Crippen LogP contribution is -2.64. The first-order valence-corrected chi connectivity index (χ1v) is 22.0. The van der Waals surface area contributed by atoms with Gasteiger partial charge in [-0.1, -0.05) is 130 Å². The summed E-state index contributed by atoms with van der Waals surface area (Å²) in [6, 6.07) is 11.9. The Balaban J connectivity index is 1.63. The topological polar surface area (TPSA) is 0 Å². The second-order valence-electron chi connectivity index (χ2n) is 13.0. The molecular formula is C37H58S3Si. The molecule has 4 rings (SSSR count). The summed E-state index contributed by atoms with van der Waals surface area (Å²) in [7, 11) is -2.02. The maximum absolute atomic E-state index is 2.65. The third kappa shape index (κ3) is 8.49. The van der Waals surface area contributed by atoms with Gasteiger partial charge in [-0.25, -0.2) is 0 Å². The number of unbranched alkanes of at least 4 members (excludes halogenated alkanes) is 12. The molecule has 0 aromatic carbocycles. The first kappa shape index (κ1) is 33.2. The van der Waals surface area contributed by atoms with Crippen LogP contribution in [0, 0.1) is 19.8 Å². The molecule has 0 N–H and O–H groups in total. The van der Waals surface area contributed by atoms with Gasteiger partial charge in [-0.3, -0.25) is 0 Å². The monoisotopic (exact) mass is 626 g/mol. The van der Waals surface area contributed by atoms with Crippen molar-refractivity contribution in [3.8, 4) is 9.75 Å². The van der Waals surface area contributed by atoms with Crippen molar-refractivity contribution in [1.29, 1.82) is 0 Å². The van der Waals surface area contributed by atoms with Gasteiger partial charge in [0.2, 0.25) is 0 Å². The van der Waals surface area contributed by atoms with E-state index in [-0.39, 0.29) is 0 Å². The maximum Gasteiger partial charge on any atom is 0.164 e. The van der Waals surface area contributed by atoms with E-state index in [1.807, 2.05) is 0 Å². The van der Waals surface area contributed by atoms with Crippen LogP contribution in [-0.2, 0) is 6.42 Å². The van der Waals surface area contributed by atoms with E-state index < -0.39 is 8.07 Å². The Morgan fingerprint density at radius 1 is 0.585 bits per heavy atom. The Kier molecular flexibility index (Phi) is 13.8. The van der Waals surface area contributed by atoms with Crippen LogP contribution in [-0.4, -0.2) is 8.07 Å². The fraction of sp³-hybridized carbons (Fsp3) is 0.676. The van der Waals surface area contributed by atoms with Crippen molar-refractivity contribution in [1.82, 2.24) is 0 Å². The fourth-order valence-electron chi connectivity index (χ4n) is 7.23. The minimum absolute atomic E-state index is 0.864. The zero-order chi connectivity index (χ0) is 29.1. The summed E-state index contributed by atoms with van der Waals surface area (Å²) in [5, 5.41) is 3.58. The van der Waals surface area contributed by atoms with E-state index in [2.05, 4.69) is 92.9 Å². The minimum Gasteiger partial charge on any atom is -0.149 e. The first-order chi connectivity index (χ1) is 20.0. The third-order valence-corrected chi connectivity index (χ3v) is 19.2. The van der Waals surface area contributed by atoms with E-state index in [9.17, 15) is 0 Å². The Hall–Kier alpha value is -0.683. The SMILES string of the molecule is CCCCCCCCC(CCCCCC)C[Si]1(c2ccc(CCCCCCC)s2)c2cc(C)sc2-c2sc(C)cc21. The molecule has 0 fully saturated rings. The second kappa shape index (κ2) is 17.0. The number of fused-ring (bicyclic) bond motifs is 3. The Labute approximate surface area is 266 Å². The largest absolute Gasteiger partial charge is 0.164 e.